The third kappa shape index (κ3) is 3.29. The number of nitro groups is 1. The molecule has 2 rings (SSSR count). The number of hydrogen-bond donors (Lipinski definition) is 1. The number of carbonyl (C=O) groups excluding carboxylic acids is 2. The van der Waals surface area contributed by atoms with E-state index in [-0.39, 0.29) is 22.8 Å². The van der Waals surface area contributed by atoms with Crippen molar-refractivity contribution in [2.75, 3.05) is 6.54 Å². The maximum Gasteiger partial charge on any atom is 0.305 e. The zero-order chi connectivity index (χ0) is 17.1. The molecule has 1 aromatic carbocycles. The van der Waals surface area contributed by atoms with E-state index in [2.05, 4.69) is 11.9 Å². The monoisotopic (exact) mass is 335 g/mol. The summed E-state index contributed by atoms with van der Waals surface area (Å²) >= 11 is 4.90. The van der Waals surface area contributed by atoms with E-state index in [1.165, 1.54) is 12.1 Å². The number of halogens is 1. The maximum absolute atomic E-state index is 13.3. The standard InChI is InChI=1S/C14H10FN3O4S/c1-2-5-17-13(20)9(12(19)16-14(17)23)6-8-3-4-10(15)11(7-8)18(21)22/h2-4,6-7H,1,5H2,(H,16,19,23)/b9-6+. The van der Waals surface area contributed by atoms with Crippen LogP contribution in [0.25, 0.3) is 6.08 Å². The van der Waals surface area contributed by atoms with Crippen molar-refractivity contribution in [1.82, 2.24) is 10.2 Å². The van der Waals surface area contributed by atoms with Gasteiger partial charge in [0.15, 0.2) is 5.11 Å². The minimum absolute atomic E-state index is 0.0536. The number of carbonyl (C=O) groups is 2. The summed E-state index contributed by atoms with van der Waals surface area (Å²) in [5, 5.41) is 13.0. The summed E-state index contributed by atoms with van der Waals surface area (Å²) in [5.41, 5.74) is -0.870. The van der Waals surface area contributed by atoms with Crippen molar-refractivity contribution in [2.45, 2.75) is 0 Å². The van der Waals surface area contributed by atoms with Gasteiger partial charge in [-0.3, -0.25) is 29.9 Å². The Balaban J connectivity index is 2.44. The minimum Gasteiger partial charge on any atom is -0.298 e. The molecule has 1 aliphatic heterocycles. The van der Waals surface area contributed by atoms with Crippen molar-refractivity contribution in [3.05, 3.63) is 57.9 Å². The van der Waals surface area contributed by atoms with Crippen LogP contribution < -0.4 is 5.32 Å². The van der Waals surface area contributed by atoms with Gasteiger partial charge in [0.25, 0.3) is 11.8 Å². The van der Waals surface area contributed by atoms with E-state index < -0.39 is 28.2 Å². The Morgan fingerprint density at radius 1 is 1.43 bits per heavy atom. The van der Waals surface area contributed by atoms with Crippen LogP contribution in [0.4, 0.5) is 10.1 Å². The average molecular weight is 335 g/mol. The van der Waals surface area contributed by atoms with Gasteiger partial charge in [-0.05, 0) is 29.9 Å². The van der Waals surface area contributed by atoms with Gasteiger partial charge in [0, 0.05) is 12.6 Å². The average Bonchev–Trinajstić information content (AvgIpc) is 2.49. The van der Waals surface area contributed by atoms with Crippen LogP contribution in [0.1, 0.15) is 5.56 Å². The number of hydrogen-bond acceptors (Lipinski definition) is 5. The zero-order valence-corrected chi connectivity index (χ0v) is 12.4. The first kappa shape index (κ1) is 16.4. The van der Waals surface area contributed by atoms with Crippen LogP contribution in [0, 0.1) is 15.9 Å². The Bertz CT molecular complexity index is 775. The summed E-state index contributed by atoms with van der Waals surface area (Å²) in [5.74, 6) is -2.40. The van der Waals surface area contributed by atoms with E-state index in [0.717, 1.165) is 23.1 Å². The predicted molar refractivity (Wildman–Crippen MR) is 83.7 cm³/mol. The van der Waals surface area contributed by atoms with Gasteiger partial charge in [-0.1, -0.05) is 12.1 Å². The van der Waals surface area contributed by atoms with Crippen molar-refractivity contribution in [2.24, 2.45) is 0 Å². The molecule has 7 nitrogen and oxygen atoms in total. The molecule has 9 heteroatoms. The van der Waals surface area contributed by atoms with Crippen molar-refractivity contribution in [3.8, 4) is 0 Å². The molecule has 0 aliphatic carbocycles. The molecule has 1 fully saturated rings. The molecular weight excluding hydrogens is 325 g/mol. The zero-order valence-electron chi connectivity index (χ0n) is 11.6. The molecule has 1 aromatic rings. The van der Waals surface area contributed by atoms with Crippen molar-refractivity contribution in [3.63, 3.8) is 0 Å². The summed E-state index contributed by atoms with van der Waals surface area (Å²) in [6.45, 7) is 3.59. The molecule has 1 saturated heterocycles. The lowest BCUT2D eigenvalue weighted by atomic mass is 10.1. The highest BCUT2D eigenvalue weighted by atomic mass is 32.1. The van der Waals surface area contributed by atoms with Crippen LogP contribution in [-0.4, -0.2) is 33.3 Å². The predicted octanol–water partition coefficient (Wildman–Crippen LogP) is 1.55. The maximum atomic E-state index is 13.3. The molecule has 1 N–H and O–H groups in total. The summed E-state index contributed by atoms with van der Waals surface area (Å²) in [6, 6.07) is 3.05. The van der Waals surface area contributed by atoms with Gasteiger partial charge in [-0.25, -0.2) is 0 Å². The molecule has 0 saturated carbocycles. The lowest BCUT2D eigenvalue weighted by Gasteiger charge is -2.27. The first-order chi connectivity index (χ1) is 10.8. The lowest BCUT2D eigenvalue weighted by Crippen LogP contribution is -2.53. The third-order valence-electron chi connectivity index (χ3n) is 2.98. The van der Waals surface area contributed by atoms with Crippen LogP contribution in [0.2, 0.25) is 0 Å². The van der Waals surface area contributed by atoms with E-state index in [9.17, 15) is 24.1 Å². The number of nitrogens with zero attached hydrogens (tertiary/aromatic N) is 2. The van der Waals surface area contributed by atoms with Gasteiger partial charge in [0.1, 0.15) is 5.57 Å². The lowest BCUT2D eigenvalue weighted by molar-refractivity contribution is -0.387. The SMILES string of the molecule is C=CCN1C(=O)/C(=C/c2ccc(F)c([N+](=O)[O-])c2)C(=O)NC1=S. The molecule has 0 bridgehead atoms. The molecule has 0 spiro atoms. The molecular formula is C14H10FN3O4S. The van der Waals surface area contributed by atoms with Crippen LogP contribution in [-0.2, 0) is 9.59 Å². The molecule has 0 unspecified atom stereocenters. The minimum atomic E-state index is -1.01. The van der Waals surface area contributed by atoms with Crippen molar-refractivity contribution in [1.29, 1.82) is 0 Å². The Labute approximate surface area is 135 Å². The van der Waals surface area contributed by atoms with E-state index in [4.69, 9.17) is 12.2 Å². The quantitative estimate of drug-likeness (QED) is 0.225. The van der Waals surface area contributed by atoms with E-state index in [1.54, 1.807) is 0 Å². The number of nitrogens with one attached hydrogen (secondary N) is 1. The first-order valence-electron chi connectivity index (χ1n) is 6.29. The van der Waals surface area contributed by atoms with Gasteiger partial charge in [0.2, 0.25) is 5.82 Å². The molecule has 1 heterocycles. The van der Waals surface area contributed by atoms with Crippen molar-refractivity contribution < 1.29 is 18.9 Å². The second-order valence-corrected chi connectivity index (χ2v) is 4.88. The highest BCUT2D eigenvalue weighted by molar-refractivity contribution is 7.80. The summed E-state index contributed by atoms with van der Waals surface area (Å²) < 4.78 is 13.3. The normalized spacial score (nSPS) is 16.5. The smallest absolute Gasteiger partial charge is 0.298 e. The first-order valence-corrected chi connectivity index (χ1v) is 6.69. The van der Waals surface area contributed by atoms with Crippen LogP contribution >= 0.6 is 12.2 Å². The van der Waals surface area contributed by atoms with E-state index in [0.29, 0.717) is 0 Å². The molecule has 2 amide bonds. The van der Waals surface area contributed by atoms with Gasteiger partial charge in [0.05, 0.1) is 4.92 Å². The topological polar surface area (TPSA) is 92.6 Å². The van der Waals surface area contributed by atoms with Crippen LogP contribution in [0.15, 0.2) is 36.4 Å². The van der Waals surface area contributed by atoms with Gasteiger partial charge < -0.3 is 0 Å². The molecule has 1 aliphatic rings. The summed E-state index contributed by atoms with van der Waals surface area (Å²) in [4.78, 5) is 35.2. The molecule has 0 radical (unpaired) electrons. The Kier molecular flexibility index (Phi) is 4.60. The molecule has 0 aromatic heterocycles. The number of amides is 2. The van der Waals surface area contributed by atoms with Crippen molar-refractivity contribution >= 4 is 40.9 Å². The Hall–Kier alpha value is -2.94. The molecule has 0 atom stereocenters. The number of rotatable bonds is 4. The number of nitro benzene ring substituents is 1. The molecule has 23 heavy (non-hydrogen) atoms. The van der Waals surface area contributed by atoms with Gasteiger partial charge in [-0.15, -0.1) is 6.58 Å². The highest BCUT2D eigenvalue weighted by Crippen LogP contribution is 2.21. The fraction of sp³-hybridized carbons (Fsp3) is 0.0714. The van der Waals surface area contributed by atoms with Gasteiger partial charge >= 0.3 is 5.69 Å². The highest BCUT2D eigenvalue weighted by Gasteiger charge is 2.32. The Morgan fingerprint density at radius 2 is 2.13 bits per heavy atom. The second-order valence-electron chi connectivity index (χ2n) is 4.49. The molecule has 118 valence electrons. The van der Waals surface area contributed by atoms with Crippen LogP contribution in [0.5, 0.6) is 0 Å². The second kappa shape index (κ2) is 6.44. The van der Waals surface area contributed by atoms with Gasteiger partial charge in [-0.2, -0.15) is 4.39 Å². The third-order valence-corrected chi connectivity index (χ3v) is 3.30. The largest absolute Gasteiger partial charge is 0.305 e. The Morgan fingerprint density at radius 3 is 2.74 bits per heavy atom. The number of thiocarbonyl (C=S) groups is 1. The fourth-order valence-electron chi connectivity index (χ4n) is 1.91. The van der Waals surface area contributed by atoms with Crippen LogP contribution in [0.3, 0.4) is 0 Å². The number of benzene rings is 1. The summed E-state index contributed by atoms with van der Waals surface area (Å²) in [6.07, 6.45) is 2.57. The fourth-order valence-corrected chi connectivity index (χ4v) is 2.17. The van der Waals surface area contributed by atoms with E-state index >= 15 is 0 Å². The summed E-state index contributed by atoms with van der Waals surface area (Å²) in [7, 11) is 0. The van der Waals surface area contributed by atoms with E-state index in [1.807, 2.05) is 0 Å².